The van der Waals surface area contributed by atoms with E-state index in [1.165, 1.54) is 0 Å². The second-order valence-corrected chi connectivity index (χ2v) is 5.40. The van der Waals surface area contributed by atoms with Gasteiger partial charge in [0.15, 0.2) is 0 Å². The lowest BCUT2D eigenvalue weighted by Gasteiger charge is -2.13. The molecule has 0 saturated heterocycles. The maximum atomic E-state index is 9.09. The molecule has 3 nitrogen and oxygen atoms in total. The van der Waals surface area contributed by atoms with Crippen molar-refractivity contribution in [3.63, 3.8) is 0 Å². The van der Waals surface area contributed by atoms with Crippen molar-refractivity contribution >= 4 is 8.56 Å². The zero-order valence-electron chi connectivity index (χ0n) is 5.80. The van der Waals surface area contributed by atoms with Crippen molar-refractivity contribution in [2.45, 2.75) is 25.4 Å². The number of rotatable bonds is 4. The Balaban J connectivity index is 3.33. The van der Waals surface area contributed by atoms with Crippen LogP contribution in [-0.4, -0.2) is 24.7 Å². The summed E-state index contributed by atoms with van der Waals surface area (Å²) in [4.78, 5) is 18.2. The number of nitrogens with two attached hydrogens (primary N) is 1. The molecule has 0 radical (unpaired) electrons. The molecule has 56 valence electrons. The minimum absolute atomic E-state index is 0.507. The van der Waals surface area contributed by atoms with Gasteiger partial charge in [-0.1, -0.05) is 6.92 Å². The van der Waals surface area contributed by atoms with Crippen LogP contribution in [0.15, 0.2) is 0 Å². The quantitative estimate of drug-likeness (QED) is 0.484. The summed E-state index contributed by atoms with van der Waals surface area (Å²) >= 11 is 0. The van der Waals surface area contributed by atoms with E-state index >= 15 is 0 Å². The van der Waals surface area contributed by atoms with Crippen LogP contribution in [0.2, 0.25) is 12.1 Å². The molecule has 0 bridgehead atoms. The minimum atomic E-state index is -2.78. The van der Waals surface area contributed by atoms with Gasteiger partial charge in [-0.2, -0.15) is 0 Å². The van der Waals surface area contributed by atoms with Crippen molar-refractivity contribution in [3.05, 3.63) is 0 Å². The Morgan fingerprint density at radius 3 is 2.33 bits per heavy atom. The van der Waals surface area contributed by atoms with E-state index in [0.717, 1.165) is 6.42 Å². The zero-order valence-corrected chi connectivity index (χ0v) is 6.80. The standard InChI is InChI=1S/C5H15NO2Si/c1-2-9(7,8)5-3-4-6/h7-8H,2-6H2,1H3. The normalized spacial score (nSPS) is 12.0. The van der Waals surface area contributed by atoms with Crippen molar-refractivity contribution in [1.29, 1.82) is 0 Å². The van der Waals surface area contributed by atoms with Crippen molar-refractivity contribution < 1.29 is 9.59 Å². The van der Waals surface area contributed by atoms with E-state index < -0.39 is 8.56 Å². The Hall–Kier alpha value is 0.0969. The topological polar surface area (TPSA) is 66.5 Å². The van der Waals surface area contributed by atoms with Crippen LogP contribution in [0, 0.1) is 0 Å². The van der Waals surface area contributed by atoms with Crippen molar-refractivity contribution in [3.8, 4) is 0 Å². The summed E-state index contributed by atoms with van der Waals surface area (Å²) in [5.41, 5.74) is 5.19. The first-order valence-corrected chi connectivity index (χ1v) is 5.58. The summed E-state index contributed by atoms with van der Waals surface area (Å²) in [6.45, 7) is 2.35. The van der Waals surface area contributed by atoms with Gasteiger partial charge in [-0.25, -0.2) is 0 Å². The predicted molar refractivity (Wildman–Crippen MR) is 39.2 cm³/mol. The van der Waals surface area contributed by atoms with Gasteiger partial charge in [-0.3, -0.25) is 0 Å². The first-order chi connectivity index (χ1) is 4.12. The molecular weight excluding hydrogens is 134 g/mol. The van der Waals surface area contributed by atoms with Gasteiger partial charge in [0, 0.05) is 0 Å². The van der Waals surface area contributed by atoms with E-state index in [1.807, 2.05) is 0 Å². The highest BCUT2D eigenvalue weighted by atomic mass is 28.4. The zero-order chi connectivity index (χ0) is 7.33. The molecule has 4 heteroatoms. The predicted octanol–water partition coefficient (Wildman–Crippen LogP) is -0.218. The SMILES string of the molecule is CC[Si](O)(O)CCCN. The summed E-state index contributed by atoms with van der Waals surface area (Å²) in [6, 6.07) is 1.02. The van der Waals surface area contributed by atoms with Crippen LogP contribution in [0.25, 0.3) is 0 Å². The first-order valence-electron chi connectivity index (χ1n) is 3.27. The number of hydrogen-bond acceptors (Lipinski definition) is 3. The Labute approximate surface area is 56.8 Å². The summed E-state index contributed by atoms with van der Waals surface area (Å²) in [7, 11) is -2.78. The van der Waals surface area contributed by atoms with Crippen LogP contribution in [0.4, 0.5) is 0 Å². The average molecular weight is 149 g/mol. The molecule has 0 spiro atoms. The summed E-state index contributed by atoms with van der Waals surface area (Å²) in [6.07, 6.45) is 0.729. The van der Waals surface area contributed by atoms with Gasteiger partial charge in [0.05, 0.1) is 0 Å². The second-order valence-electron chi connectivity index (χ2n) is 2.23. The molecule has 0 aliphatic heterocycles. The molecule has 0 unspecified atom stereocenters. The first kappa shape index (κ1) is 9.10. The highest BCUT2D eigenvalue weighted by Gasteiger charge is 2.24. The third kappa shape index (κ3) is 4.59. The van der Waals surface area contributed by atoms with Crippen molar-refractivity contribution in [1.82, 2.24) is 0 Å². The van der Waals surface area contributed by atoms with Crippen LogP contribution < -0.4 is 5.73 Å². The molecular formula is C5H15NO2Si. The van der Waals surface area contributed by atoms with Crippen LogP contribution in [0.5, 0.6) is 0 Å². The molecule has 0 rings (SSSR count). The largest absolute Gasteiger partial charge is 0.411 e. The van der Waals surface area contributed by atoms with Crippen molar-refractivity contribution in [2.24, 2.45) is 5.73 Å². The molecule has 0 aromatic rings. The van der Waals surface area contributed by atoms with Gasteiger partial charge < -0.3 is 15.3 Å². The fourth-order valence-electron chi connectivity index (χ4n) is 0.562. The van der Waals surface area contributed by atoms with Crippen molar-refractivity contribution in [2.75, 3.05) is 6.54 Å². The summed E-state index contributed by atoms with van der Waals surface area (Å²) in [5.74, 6) is 0. The van der Waals surface area contributed by atoms with Crippen LogP contribution in [-0.2, 0) is 0 Å². The lowest BCUT2D eigenvalue weighted by atomic mass is 10.5. The Bertz CT molecular complexity index is 77.4. The van der Waals surface area contributed by atoms with Crippen LogP contribution in [0.1, 0.15) is 13.3 Å². The average Bonchev–Trinajstić information content (AvgIpc) is 1.84. The Morgan fingerprint density at radius 1 is 1.44 bits per heavy atom. The molecule has 0 aromatic carbocycles. The van der Waals surface area contributed by atoms with Gasteiger partial charge >= 0.3 is 8.56 Å². The molecule has 0 aromatic heterocycles. The molecule has 4 N–H and O–H groups in total. The summed E-state index contributed by atoms with van der Waals surface area (Å²) in [5, 5.41) is 0. The second kappa shape index (κ2) is 4.00. The van der Waals surface area contributed by atoms with E-state index in [1.54, 1.807) is 6.92 Å². The third-order valence-corrected chi connectivity index (χ3v) is 3.63. The minimum Gasteiger partial charge on any atom is -0.411 e. The lowest BCUT2D eigenvalue weighted by Crippen LogP contribution is -2.33. The molecule has 0 saturated carbocycles. The van der Waals surface area contributed by atoms with E-state index in [-0.39, 0.29) is 0 Å². The van der Waals surface area contributed by atoms with Crippen LogP contribution >= 0.6 is 0 Å². The molecule has 0 fully saturated rings. The molecule has 0 heterocycles. The maximum absolute atomic E-state index is 9.09. The Morgan fingerprint density at radius 2 is 2.00 bits per heavy atom. The summed E-state index contributed by atoms with van der Waals surface area (Å²) < 4.78 is 0. The lowest BCUT2D eigenvalue weighted by molar-refractivity contribution is 0.358. The van der Waals surface area contributed by atoms with E-state index in [2.05, 4.69) is 0 Å². The van der Waals surface area contributed by atoms with Crippen LogP contribution in [0.3, 0.4) is 0 Å². The highest BCUT2D eigenvalue weighted by molar-refractivity contribution is 6.64. The van der Waals surface area contributed by atoms with E-state index in [9.17, 15) is 0 Å². The van der Waals surface area contributed by atoms with Gasteiger partial charge in [0.2, 0.25) is 0 Å². The molecule has 0 aliphatic rings. The van der Waals surface area contributed by atoms with Gasteiger partial charge in [-0.05, 0) is 25.1 Å². The number of hydrogen-bond donors (Lipinski definition) is 3. The monoisotopic (exact) mass is 149 g/mol. The maximum Gasteiger partial charge on any atom is 0.332 e. The molecule has 0 atom stereocenters. The Kier molecular flexibility index (Phi) is 4.04. The smallest absolute Gasteiger partial charge is 0.332 e. The van der Waals surface area contributed by atoms with E-state index in [0.29, 0.717) is 18.6 Å². The molecule has 0 aliphatic carbocycles. The van der Waals surface area contributed by atoms with Gasteiger partial charge in [-0.15, -0.1) is 0 Å². The molecule has 9 heavy (non-hydrogen) atoms. The highest BCUT2D eigenvalue weighted by Crippen LogP contribution is 2.08. The van der Waals surface area contributed by atoms with E-state index in [4.69, 9.17) is 15.3 Å². The van der Waals surface area contributed by atoms with Gasteiger partial charge in [0.25, 0.3) is 0 Å². The van der Waals surface area contributed by atoms with Gasteiger partial charge in [0.1, 0.15) is 0 Å². The fourth-order valence-corrected chi connectivity index (χ4v) is 1.69. The molecule has 0 amide bonds. The third-order valence-electron chi connectivity index (χ3n) is 1.35. The fraction of sp³-hybridized carbons (Fsp3) is 1.00.